The zero-order chi connectivity index (χ0) is 13.5. The summed E-state index contributed by atoms with van der Waals surface area (Å²) in [6.07, 6.45) is 0.930. The first-order valence-electron chi connectivity index (χ1n) is 6.28. The minimum absolute atomic E-state index is 0.0324. The van der Waals surface area contributed by atoms with Crippen molar-refractivity contribution in [3.05, 3.63) is 35.4 Å². The van der Waals surface area contributed by atoms with Crippen LogP contribution in [0.1, 0.15) is 23.6 Å². The zero-order valence-electron chi connectivity index (χ0n) is 11.4. The number of benzene rings is 1. The molecule has 4 nitrogen and oxygen atoms in total. The number of amides is 1. The van der Waals surface area contributed by atoms with Gasteiger partial charge < -0.3 is 16.0 Å². The molecule has 0 aliphatic carbocycles. The molecule has 18 heavy (non-hydrogen) atoms. The molecule has 0 aromatic heterocycles. The van der Waals surface area contributed by atoms with Crippen LogP contribution in [0.4, 0.5) is 0 Å². The highest BCUT2D eigenvalue weighted by Gasteiger charge is 2.19. The highest BCUT2D eigenvalue weighted by molar-refractivity contribution is 5.82. The third-order valence-electron chi connectivity index (χ3n) is 3.00. The van der Waals surface area contributed by atoms with Crippen molar-refractivity contribution in [3.8, 4) is 0 Å². The maximum Gasteiger partial charge on any atom is 0.243 e. The Morgan fingerprint density at radius 3 is 2.56 bits per heavy atom. The van der Waals surface area contributed by atoms with Gasteiger partial charge in [0.25, 0.3) is 0 Å². The molecule has 0 heterocycles. The molecule has 0 saturated heterocycles. The summed E-state index contributed by atoms with van der Waals surface area (Å²) in [4.78, 5) is 13.8. The standard InChI is InChI=1S/C14H23N3O/c1-11-5-7-12(8-6-11)13(15)14(18)17(3)10-4-9-16-2/h5-8,13,16H,4,9-10,15H2,1-3H3. The van der Waals surface area contributed by atoms with E-state index in [2.05, 4.69) is 5.32 Å². The van der Waals surface area contributed by atoms with Gasteiger partial charge in [0.1, 0.15) is 6.04 Å². The number of likely N-dealkylation sites (N-methyl/N-ethyl adjacent to an activating group) is 1. The van der Waals surface area contributed by atoms with E-state index in [9.17, 15) is 4.79 Å². The highest BCUT2D eigenvalue weighted by atomic mass is 16.2. The van der Waals surface area contributed by atoms with E-state index in [1.165, 1.54) is 5.56 Å². The molecule has 3 N–H and O–H groups in total. The smallest absolute Gasteiger partial charge is 0.243 e. The van der Waals surface area contributed by atoms with Crippen molar-refractivity contribution in [2.75, 3.05) is 27.2 Å². The molecule has 0 aliphatic heterocycles. The van der Waals surface area contributed by atoms with Crippen LogP contribution in [-0.4, -0.2) is 38.0 Å². The molecule has 1 atom stereocenters. The van der Waals surface area contributed by atoms with E-state index >= 15 is 0 Å². The van der Waals surface area contributed by atoms with Crippen molar-refractivity contribution >= 4 is 5.91 Å². The highest BCUT2D eigenvalue weighted by Crippen LogP contribution is 2.13. The van der Waals surface area contributed by atoms with Gasteiger partial charge in [0.15, 0.2) is 0 Å². The van der Waals surface area contributed by atoms with Gasteiger partial charge in [-0.2, -0.15) is 0 Å². The largest absolute Gasteiger partial charge is 0.344 e. The van der Waals surface area contributed by atoms with Crippen LogP contribution in [0.15, 0.2) is 24.3 Å². The third-order valence-corrected chi connectivity index (χ3v) is 3.00. The van der Waals surface area contributed by atoms with Crippen molar-refractivity contribution in [2.24, 2.45) is 5.73 Å². The molecular weight excluding hydrogens is 226 g/mol. The van der Waals surface area contributed by atoms with E-state index in [1.807, 2.05) is 38.2 Å². The zero-order valence-corrected chi connectivity index (χ0v) is 11.4. The number of carbonyl (C=O) groups is 1. The quantitative estimate of drug-likeness (QED) is 0.741. The number of hydrogen-bond acceptors (Lipinski definition) is 3. The second-order valence-corrected chi connectivity index (χ2v) is 4.61. The minimum Gasteiger partial charge on any atom is -0.344 e. The fraction of sp³-hybridized carbons (Fsp3) is 0.500. The summed E-state index contributed by atoms with van der Waals surface area (Å²) in [7, 11) is 3.70. The monoisotopic (exact) mass is 249 g/mol. The molecular formula is C14H23N3O. The Labute approximate surface area is 109 Å². The van der Waals surface area contributed by atoms with Crippen LogP contribution in [-0.2, 0) is 4.79 Å². The maximum atomic E-state index is 12.1. The molecule has 0 fully saturated rings. The van der Waals surface area contributed by atoms with Gasteiger partial charge in [0, 0.05) is 13.6 Å². The summed E-state index contributed by atoms with van der Waals surface area (Å²) in [5.41, 5.74) is 8.02. The Morgan fingerprint density at radius 1 is 1.39 bits per heavy atom. The van der Waals surface area contributed by atoms with Crippen LogP contribution in [0, 0.1) is 6.92 Å². The third kappa shape index (κ3) is 4.13. The van der Waals surface area contributed by atoms with E-state index in [-0.39, 0.29) is 5.91 Å². The lowest BCUT2D eigenvalue weighted by atomic mass is 10.0. The van der Waals surface area contributed by atoms with Crippen molar-refractivity contribution in [1.82, 2.24) is 10.2 Å². The Hall–Kier alpha value is -1.39. The van der Waals surface area contributed by atoms with Crippen LogP contribution in [0.25, 0.3) is 0 Å². The number of rotatable bonds is 6. The molecule has 0 aliphatic rings. The van der Waals surface area contributed by atoms with Gasteiger partial charge in [0.05, 0.1) is 0 Å². The number of aryl methyl sites for hydroxylation is 1. The number of nitrogens with zero attached hydrogens (tertiary/aromatic N) is 1. The first kappa shape index (κ1) is 14.7. The summed E-state index contributed by atoms with van der Waals surface area (Å²) in [5, 5.41) is 3.06. The van der Waals surface area contributed by atoms with Crippen molar-refractivity contribution in [3.63, 3.8) is 0 Å². The van der Waals surface area contributed by atoms with Gasteiger partial charge in [-0.05, 0) is 32.5 Å². The molecule has 4 heteroatoms. The SMILES string of the molecule is CNCCCN(C)C(=O)C(N)c1ccc(C)cc1. The van der Waals surface area contributed by atoms with E-state index in [4.69, 9.17) is 5.73 Å². The van der Waals surface area contributed by atoms with Gasteiger partial charge in [-0.25, -0.2) is 0 Å². The van der Waals surface area contributed by atoms with Crippen LogP contribution in [0.3, 0.4) is 0 Å². The van der Waals surface area contributed by atoms with Crippen LogP contribution < -0.4 is 11.1 Å². The van der Waals surface area contributed by atoms with E-state index < -0.39 is 6.04 Å². The number of nitrogens with one attached hydrogen (secondary N) is 1. The normalized spacial score (nSPS) is 12.2. The number of carbonyl (C=O) groups excluding carboxylic acids is 1. The summed E-state index contributed by atoms with van der Waals surface area (Å²) in [6, 6.07) is 7.22. The summed E-state index contributed by atoms with van der Waals surface area (Å²) >= 11 is 0. The van der Waals surface area contributed by atoms with E-state index in [0.717, 1.165) is 25.1 Å². The van der Waals surface area contributed by atoms with Crippen molar-refractivity contribution in [2.45, 2.75) is 19.4 Å². The molecule has 1 aromatic carbocycles. The first-order chi connectivity index (χ1) is 8.56. The molecule has 0 radical (unpaired) electrons. The Bertz CT molecular complexity index is 375. The Balaban J connectivity index is 2.57. The lowest BCUT2D eigenvalue weighted by molar-refractivity contribution is -0.131. The fourth-order valence-corrected chi connectivity index (χ4v) is 1.76. The maximum absolute atomic E-state index is 12.1. The summed E-state index contributed by atoms with van der Waals surface area (Å²) in [6.45, 7) is 3.64. The molecule has 1 rings (SSSR count). The van der Waals surface area contributed by atoms with Gasteiger partial charge in [-0.3, -0.25) is 4.79 Å². The molecule has 100 valence electrons. The Morgan fingerprint density at radius 2 is 2.00 bits per heavy atom. The van der Waals surface area contributed by atoms with Crippen molar-refractivity contribution < 1.29 is 4.79 Å². The van der Waals surface area contributed by atoms with Gasteiger partial charge >= 0.3 is 0 Å². The van der Waals surface area contributed by atoms with Crippen LogP contribution in [0.2, 0.25) is 0 Å². The average molecular weight is 249 g/mol. The second kappa shape index (κ2) is 7.13. The first-order valence-corrected chi connectivity index (χ1v) is 6.28. The number of nitrogens with two attached hydrogens (primary N) is 1. The summed E-state index contributed by atoms with van der Waals surface area (Å²) < 4.78 is 0. The predicted molar refractivity (Wildman–Crippen MR) is 74.3 cm³/mol. The Kier molecular flexibility index (Phi) is 5.82. The predicted octanol–water partition coefficient (Wildman–Crippen LogP) is 1.06. The lowest BCUT2D eigenvalue weighted by Crippen LogP contribution is -2.37. The topological polar surface area (TPSA) is 58.4 Å². The summed E-state index contributed by atoms with van der Waals surface area (Å²) in [5.74, 6) is -0.0324. The van der Waals surface area contributed by atoms with Crippen molar-refractivity contribution in [1.29, 1.82) is 0 Å². The van der Waals surface area contributed by atoms with Crippen LogP contribution in [0.5, 0.6) is 0 Å². The van der Waals surface area contributed by atoms with Gasteiger partial charge in [-0.15, -0.1) is 0 Å². The molecule has 1 amide bonds. The second-order valence-electron chi connectivity index (χ2n) is 4.61. The molecule has 1 unspecified atom stereocenters. The molecule has 0 bridgehead atoms. The van der Waals surface area contributed by atoms with Gasteiger partial charge in [0.2, 0.25) is 5.91 Å². The molecule has 1 aromatic rings. The van der Waals surface area contributed by atoms with Gasteiger partial charge in [-0.1, -0.05) is 29.8 Å². The minimum atomic E-state index is -0.565. The van der Waals surface area contributed by atoms with Crippen LogP contribution >= 0.6 is 0 Å². The van der Waals surface area contributed by atoms with E-state index in [0.29, 0.717) is 0 Å². The molecule has 0 spiro atoms. The lowest BCUT2D eigenvalue weighted by Gasteiger charge is -2.21. The average Bonchev–Trinajstić information content (AvgIpc) is 2.38. The van der Waals surface area contributed by atoms with E-state index in [1.54, 1.807) is 11.9 Å². The molecule has 0 saturated carbocycles. The number of hydrogen-bond donors (Lipinski definition) is 2. The fourth-order valence-electron chi connectivity index (χ4n) is 1.76.